The van der Waals surface area contributed by atoms with Crippen molar-refractivity contribution >= 4 is 5.69 Å². The van der Waals surface area contributed by atoms with Crippen LogP contribution in [0.1, 0.15) is 41.7 Å². The molecule has 1 heteroatoms. The average Bonchev–Trinajstić information content (AvgIpc) is 2.76. The summed E-state index contributed by atoms with van der Waals surface area (Å²) in [6.45, 7) is 9.35. The van der Waals surface area contributed by atoms with Crippen LogP contribution in [-0.2, 0) is 17.4 Å². The molecule has 0 fully saturated rings. The summed E-state index contributed by atoms with van der Waals surface area (Å²) in [6.07, 6.45) is 1.14. The zero-order valence-electron chi connectivity index (χ0n) is 13.6. The Kier molecular flexibility index (Phi) is 2.28. The molecule has 0 spiro atoms. The fourth-order valence-electron chi connectivity index (χ4n) is 4.96. The quantitative estimate of drug-likeness (QED) is 0.686. The molecule has 0 amide bonds. The van der Waals surface area contributed by atoms with Crippen LogP contribution in [0.5, 0.6) is 0 Å². The van der Waals surface area contributed by atoms with Crippen LogP contribution in [0.15, 0.2) is 36.4 Å². The second-order valence-corrected chi connectivity index (χ2v) is 7.28. The van der Waals surface area contributed by atoms with E-state index in [4.69, 9.17) is 0 Å². The summed E-state index contributed by atoms with van der Waals surface area (Å²) in [5.41, 5.74) is 8.99. The molecule has 21 heavy (non-hydrogen) atoms. The van der Waals surface area contributed by atoms with Crippen LogP contribution in [0.2, 0.25) is 0 Å². The smallest absolute Gasteiger partial charge is 0.0722 e. The lowest BCUT2D eigenvalue weighted by atomic mass is 9.70. The first kappa shape index (κ1) is 12.9. The minimum atomic E-state index is 0.0600. The number of nitrogens with zero attached hydrogens (tertiary/aromatic N) is 1. The van der Waals surface area contributed by atoms with E-state index in [0.29, 0.717) is 0 Å². The number of fused-ring (bicyclic) bond motifs is 5. The normalized spacial score (nSPS) is 29.3. The number of hydrogen-bond donors (Lipinski definition) is 0. The van der Waals surface area contributed by atoms with E-state index in [2.05, 4.69) is 76.0 Å². The third kappa shape index (κ3) is 1.28. The zero-order chi connectivity index (χ0) is 15.0. The third-order valence-corrected chi connectivity index (χ3v) is 6.21. The van der Waals surface area contributed by atoms with Crippen LogP contribution in [0, 0.1) is 13.8 Å². The largest absolute Gasteiger partial charge is 0.364 e. The fraction of sp³-hybridized carbons (Fsp3) is 0.400. The Balaban J connectivity index is 2.07. The molecule has 4 rings (SSSR count). The molecule has 0 saturated heterocycles. The van der Waals surface area contributed by atoms with Crippen molar-refractivity contribution in [2.45, 2.75) is 45.1 Å². The van der Waals surface area contributed by atoms with Gasteiger partial charge in [0.1, 0.15) is 0 Å². The van der Waals surface area contributed by atoms with Crippen molar-refractivity contribution in [3.05, 3.63) is 64.2 Å². The van der Waals surface area contributed by atoms with Gasteiger partial charge in [-0.05, 0) is 49.4 Å². The molecular formula is C20H23N. The maximum Gasteiger partial charge on any atom is 0.0722 e. The van der Waals surface area contributed by atoms with Gasteiger partial charge in [0.25, 0.3) is 0 Å². The van der Waals surface area contributed by atoms with E-state index < -0.39 is 0 Å². The molecule has 2 aromatic carbocycles. The predicted molar refractivity (Wildman–Crippen MR) is 89.2 cm³/mol. The Hall–Kier alpha value is -1.76. The van der Waals surface area contributed by atoms with Gasteiger partial charge < -0.3 is 4.90 Å². The second kappa shape index (κ2) is 3.71. The van der Waals surface area contributed by atoms with Crippen LogP contribution < -0.4 is 4.90 Å². The Morgan fingerprint density at radius 2 is 1.71 bits per heavy atom. The summed E-state index contributed by atoms with van der Waals surface area (Å²) in [5.74, 6) is 0. The topological polar surface area (TPSA) is 3.24 Å². The molecule has 1 aliphatic heterocycles. The van der Waals surface area contributed by atoms with Gasteiger partial charge in [-0.25, -0.2) is 0 Å². The van der Waals surface area contributed by atoms with Gasteiger partial charge in [0.05, 0.1) is 5.54 Å². The number of anilines is 1. The van der Waals surface area contributed by atoms with E-state index in [-0.39, 0.29) is 11.0 Å². The van der Waals surface area contributed by atoms with E-state index in [1.54, 1.807) is 0 Å². The van der Waals surface area contributed by atoms with Crippen LogP contribution in [0.4, 0.5) is 5.69 Å². The molecule has 0 saturated carbocycles. The zero-order valence-corrected chi connectivity index (χ0v) is 13.6. The van der Waals surface area contributed by atoms with Crippen molar-refractivity contribution in [3.8, 4) is 0 Å². The molecule has 1 aliphatic carbocycles. The standard InChI is InChI=1S/C20H23N/c1-13-10-14(2)18-17(11-13)19(3)12-15-8-6-7-9-16(15)20(19,4)21(18)5/h6-11H,12H2,1-5H3/t19-,20-/m1/s1. The summed E-state index contributed by atoms with van der Waals surface area (Å²) in [7, 11) is 2.27. The van der Waals surface area contributed by atoms with E-state index in [0.717, 1.165) is 6.42 Å². The predicted octanol–water partition coefficient (Wildman–Crippen LogP) is 4.48. The molecular weight excluding hydrogens is 254 g/mol. The highest BCUT2D eigenvalue weighted by Crippen LogP contribution is 2.62. The second-order valence-electron chi connectivity index (χ2n) is 7.28. The Labute approximate surface area is 127 Å². The van der Waals surface area contributed by atoms with Crippen molar-refractivity contribution in [2.75, 3.05) is 11.9 Å². The van der Waals surface area contributed by atoms with Gasteiger partial charge in [0.15, 0.2) is 0 Å². The van der Waals surface area contributed by atoms with Crippen LogP contribution in [-0.4, -0.2) is 7.05 Å². The van der Waals surface area contributed by atoms with Crippen molar-refractivity contribution in [3.63, 3.8) is 0 Å². The van der Waals surface area contributed by atoms with Crippen LogP contribution >= 0.6 is 0 Å². The minimum Gasteiger partial charge on any atom is -0.364 e. The summed E-state index contributed by atoms with van der Waals surface area (Å²) in [5, 5.41) is 0. The molecule has 0 N–H and O–H groups in total. The Morgan fingerprint density at radius 1 is 1.00 bits per heavy atom. The van der Waals surface area contributed by atoms with E-state index in [1.807, 2.05) is 0 Å². The molecule has 108 valence electrons. The van der Waals surface area contributed by atoms with Crippen LogP contribution in [0.3, 0.4) is 0 Å². The Bertz CT molecular complexity index is 760. The number of aryl methyl sites for hydroxylation is 2. The molecule has 2 aromatic rings. The Morgan fingerprint density at radius 3 is 2.48 bits per heavy atom. The first-order valence-electron chi connectivity index (χ1n) is 7.83. The summed E-state index contributed by atoms with van der Waals surface area (Å²) >= 11 is 0. The highest BCUT2D eigenvalue weighted by molar-refractivity contribution is 5.74. The van der Waals surface area contributed by atoms with Gasteiger partial charge in [-0.2, -0.15) is 0 Å². The number of hydrogen-bond acceptors (Lipinski definition) is 1. The lowest BCUT2D eigenvalue weighted by molar-refractivity contribution is 0.305. The van der Waals surface area contributed by atoms with Gasteiger partial charge in [0, 0.05) is 18.2 Å². The molecule has 2 aliphatic rings. The van der Waals surface area contributed by atoms with E-state index in [9.17, 15) is 0 Å². The lowest BCUT2D eigenvalue weighted by Gasteiger charge is -2.41. The minimum absolute atomic E-state index is 0.0600. The molecule has 2 atom stereocenters. The highest BCUT2D eigenvalue weighted by atomic mass is 15.2. The maximum absolute atomic E-state index is 2.53. The van der Waals surface area contributed by atoms with Gasteiger partial charge in [-0.1, -0.05) is 48.9 Å². The number of rotatable bonds is 0. The number of benzene rings is 2. The van der Waals surface area contributed by atoms with E-state index in [1.165, 1.54) is 33.5 Å². The van der Waals surface area contributed by atoms with Gasteiger partial charge in [-0.15, -0.1) is 0 Å². The van der Waals surface area contributed by atoms with E-state index >= 15 is 0 Å². The van der Waals surface area contributed by atoms with Gasteiger partial charge >= 0.3 is 0 Å². The van der Waals surface area contributed by atoms with Crippen molar-refractivity contribution in [2.24, 2.45) is 0 Å². The molecule has 0 bridgehead atoms. The molecule has 0 unspecified atom stereocenters. The van der Waals surface area contributed by atoms with Gasteiger partial charge in [-0.3, -0.25) is 0 Å². The summed E-state index contributed by atoms with van der Waals surface area (Å²) in [4.78, 5) is 2.53. The molecule has 0 aromatic heterocycles. The van der Waals surface area contributed by atoms with Crippen molar-refractivity contribution < 1.29 is 0 Å². The molecule has 0 radical (unpaired) electrons. The lowest BCUT2D eigenvalue weighted by Crippen LogP contribution is -2.47. The first-order chi connectivity index (χ1) is 9.89. The highest BCUT2D eigenvalue weighted by Gasteiger charge is 2.60. The third-order valence-electron chi connectivity index (χ3n) is 6.21. The summed E-state index contributed by atoms with van der Waals surface area (Å²) in [6, 6.07) is 13.7. The molecule has 1 heterocycles. The fourth-order valence-corrected chi connectivity index (χ4v) is 4.96. The van der Waals surface area contributed by atoms with Gasteiger partial charge in [0.2, 0.25) is 0 Å². The molecule has 1 nitrogen and oxygen atoms in total. The summed E-state index contributed by atoms with van der Waals surface area (Å²) < 4.78 is 0. The van der Waals surface area contributed by atoms with Crippen LogP contribution in [0.25, 0.3) is 0 Å². The van der Waals surface area contributed by atoms with Crippen molar-refractivity contribution in [1.29, 1.82) is 0 Å². The SMILES string of the molecule is Cc1cc(C)c2c(c1)[C@@]1(C)Cc3ccccc3[C@@]1(C)N2C. The number of likely N-dealkylation sites (N-methyl/N-ethyl adjacent to an activating group) is 1. The average molecular weight is 277 g/mol. The monoisotopic (exact) mass is 277 g/mol. The van der Waals surface area contributed by atoms with Crippen molar-refractivity contribution in [1.82, 2.24) is 0 Å². The maximum atomic E-state index is 2.53. The first-order valence-corrected chi connectivity index (χ1v) is 7.83.